The summed E-state index contributed by atoms with van der Waals surface area (Å²) in [5.41, 5.74) is 3.92. The van der Waals surface area contributed by atoms with Gasteiger partial charge in [0.1, 0.15) is 0 Å². The number of rotatable bonds is 3. The van der Waals surface area contributed by atoms with Gasteiger partial charge in [0, 0.05) is 16.9 Å². The number of carbonyl (C=O) groups is 1. The van der Waals surface area contributed by atoms with Gasteiger partial charge in [-0.15, -0.1) is 0 Å². The van der Waals surface area contributed by atoms with Crippen molar-refractivity contribution in [2.45, 2.75) is 20.3 Å². The summed E-state index contributed by atoms with van der Waals surface area (Å²) < 4.78 is 0. The van der Waals surface area contributed by atoms with Crippen molar-refractivity contribution in [3.05, 3.63) is 46.8 Å². The second-order valence-corrected chi connectivity index (χ2v) is 4.33. The number of nitrogens with zero attached hydrogens (tertiary/aromatic N) is 2. The van der Waals surface area contributed by atoms with E-state index in [2.05, 4.69) is 15.5 Å². The number of nitrogens with one attached hydrogen (secondary N) is 2. The highest BCUT2D eigenvalue weighted by molar-refractivity contribution is 5.92. The van der Waals surface area contributed by atoms with Crippen LogP contribution in [0.1, 0.15) is 22.5 Å². The summed E-state index contributed by atoms with van der Waals surface area (Å²) >= 11 is 0. The zero-order valence-corrected chi connectivity index (χ0v) is 10.8. The minimum atomic E-state index is -0.0997. The Morgan fingerprint density at radius 3 is 2.58 bits per heavy atom. The first-order valence-electron chi connectivity index (χ1n) is 5.90. The van der Waals surface area contributed by atoms with Crippen molar-refractivity contribution in [2.75, 3.05) is 5.32 Å². The Bertz CT molecular complexity index is 615. The molecule has 5 heteroatoms. The summed E-state index contributed by atoms with van der Waals surface area (Å²) in [5.74, 6) is -0.0997. The number of aromatic nitrogens is 2. The lowest BCUT2D eigenvalue weighted by Crippen LogP contribution is -2.15. The van der Waals surface area contributed by atoms with Crippen LogP contribution in [0.2, 0.25) is 0 Å². The molecule has 1 heterocycles. The van der Waals surface area contributed by atoms with Crippen LogP contribution >= 0.6 is 0 Å². The number of hydrogen-bond acceptors (Lipinski definition) is 3. The van der Waals surface area contributed by atoms with E-state index in [1.807, 2.05) is 19.9 Å². The molecule has 96 valence electrons. The van der Waals surface area contributed by atoms with E-state index >= 15 is 0 Å². The van der Waals surface area contributed by atoms with Gasteiger partial charge in [-0.3, -0.25) is 9.89 Å². The summed E-state index contributed by atoms with van der Waals surface area (Å²) in [6, 6.07) is 8.80. The van der Waals surface area contributed by atoms with E-state index < -0.39 is 0 Å². The third-order valence-electron chi connectivity index (χ3n) is 2.92. The highest BCUT2D eigenvalue weighted by atomic mass is 16.1. The van der Waals surface area contributed by atoms with Crippen molar-refractivity contribution in [1.29, 1.82) is 5.26 Å². The van der Waals surface area contributed by atoms with E-state index in [-0.39, 0.29) is 12.3 Å². The van der Waals surface area contributed by atoms with E-state index in [4.69, 9.17) is 5.26 Å². The highest BCUT2D eigenvalue weighted by Gasteiger charge is 2.11. The maximum Gasteiger partial charge on any atom is 0.228 e. The van der Waals surface area contributed by atoms with Crippen molar-refractivity contribution in [2.24, 2.45) is 0 Å². The van der Waals surface area contributed by atoms with E-state index in [9.17, 15) is 4.79 Å². The van der Waals surface area contributed by atoms with Crippen LogP contribution < -0.4 is 5.32 Å². The number of nitriles is 1. The lowest BCUT2D eigenvalue weighted by atomic mass is 10.1. The quantitative estimate of drug-likeness (QED) is 0.879. The van der Waals surface area contributed by atoms with Crippen molar-refractivity contribution in [1.82, 2.24) is 10.2 Å². The fraction of sp³-hybridized carbons (Fsp3) is 0.214. The normalized spacial score (nSPS) is 9.95. The standard InChI is InChI=1S/C14H14N4O/c1-9-13(10(2)18-17-9)7-14(19)16-12-5-3-11(8-15)4-6-12/h3-6H,7H2,1-2H3,(H,16,19)(H,17,18). The topological polar surface area (TPSA) is 81.6 Å². The molecule has 0 aliphatic rings. The first kappa shape index (κ1) is 12.8. The largest absolute Gasteiger partial charge is 0.326 e. The van der Waals surface area contributed by atoms with E-state index in [1.54, 1.807) is 24.3 Å². The first-order chi connectivity index (χ1) is 9.10. The maximum atomic E-state index is 11.9. The van der Waals surface area contributed by atoms with Gasteiger partial charge in [-0.2, -0.15) is 10.4 Å². The smallest absolute Gasteiger partial charge is 0.228 e. The third kappa shape index (κ3) is 2.99. The van der Waals surface area contributed by atoms with Gasteiger partial charge >= 0.3 is 0 Å². The van der Waals surface area contributed by atoms with Gasteiger partial charge in [-0.1, -0.05) is 0 Å². The molecule has 2 aromatic rings. The molecule has 1 aromatic heterocycles. The van der Waals surface area contributed by atoms with E-state index in [0.717, 1.165) is 17.0 Å². The predicted octanol–water partition coefficient (Wildman–Crippen LogP) is 2.08. The van der Waals surface area contributed by atoms with E-state index in [0.29, 0.717) is 11.3 Å². The lowest BCUT2D eigenvalue weighted by Gasteiger charge is -2.05. The van der Waals surface area contributed by atoms with Crippen molar-refractivity contribution < 1.29 is 4.79 Å². The highest BCUT2D eigenvalue weighted by Crippen LogP contribution is 2.13. The second kappa shape index (κ2) is 5.36. The van der Waals surface area contributed by atoms with E-state index in [1.165, 1.54) is 0 Å². The van der Waals surface area contributed by atoms with Crippen LogP contribution in [0.3, 0.4) is 0 Å². The van der Waals surface area contributed by atoms with Gasteiger partial charge in [0.2, 0.25) is 5.91 Å². The zero-order chi connectivity index (χ0) is 13.8. The molecule has 0 unspecified atom stereocenters. The zero-order valence-electron chi connectivity index (χ0n) is 10.8. The Balaban J connectivity index is 2.03. The van der Waals surface area contributed by atoms with Gasteiger partial charge in [0.25, 0.3) is 0 Å². The second-order valence-electron chi connectivity index (χ2n) is 4.33. The summed E-state index contributed by atoms with van der Waals surface area (Å²) in [6.07, 6.45) is 0.286. The van der Waals surface area contributed by atoms with Crippen LogP contribution in [0.5, 0.6) is 0 Å². The lowest BCUT2D eigenvalue weighted by molar-refractivity contribution is -0.115. The summed E-state index contributed by atoms with van der Waals surface area (Å²) in [6.45, 7) is 3.76. The molecule has 0 fully saturated rings. The minimum Gasteiger partial charge on any atom is -0.326 e. The van der Waals surface area contributed by atoms with Crippen LogP contribution in [-0.2, 0) is 11.2 Å². The molecule has 2 N–H and O–H groups in total. The number of anilines is 1. The van der Waals surface area contributed by atoms with Gasteiger partial charge in [-0.25, -0.2) is 0 Å². The molecule has 5 nitrogen and oxygen atoms in total. The number of amides is 1. The monoisotopic (exact) mass is 254 g/mol. The molecular formula is C14H14N4O. The van der Waals surface area contributed by atoms with Crippen LogP contribution in [0.15, 0.2) is 24.3 Å². The predicted molar refractivity (Wildman–Crippen MR) is 71.6 cm³/mol. The van der Waals surface area contributed by atoms with Crippen molar-refractivity contribution in [3.8, 4) is 6.07 Å². The summed E-state index contributed by atoms with van der Waals surface area (Å²) in [4.78, 5) is 11.9. The average Bonchev–Trinajstić information content (AvgIpc) is 2.71. The van der Waals surface area contributed by atoms with Crippen LogP contribution in [0.25, 0.3) is 0 Å². The van der Waals surface area contributed by atoms with Gasteiger partial charge in [0.15, 0.2) is 0 Å². The Hall–Kier alpha value is -2.61. The van der Waals surface area contributed by atoms with Gasteiger partial charge < -0.3 is 5.32 Å². The average molecular weight is 254 g/mol. The number of carbonyl (C=O) groups excluding carboxylic acids is 1. The van der Waals surface area contributed by atoms with Gasteiger partial charge in [0.05, 0.1) is 23.7 Å². The minimum absolute atomic E-state index is 0.0997. The summed E-state index contributed by atoms with van der Waals surface area (Å²) in [7, 11) is 0. The molecule has 1 amide bonds. The summed E-state index contributed by atoms with van der Waals surface area (Å²) in [5, 5.41) is 18.4. The fourth-order valence-corrected chi connectivity index (χ4v) is 1.83. The van der Waals surface area contributed by atoms with Gasteiger partial charge in [-0.05, 0) is 38.1 Å². The molecule has 19 heavy (non-hydrogen) atoms. The molecule has 0 atom stereocenters. The molecule has 0 bridgehead atoms. The molecule has 0 saturated heterocycles. The Morgan fingerprint density at radius 1 is 1.37 bits per heavy atom. The molecular weight excluding hydrogens is 240 g/mol. The molecule has 1 aromatic carbocycles. The molecule has 0 aliphatic heterocycles. The molecule has 0 spiro atoms. The Labute approximate surface area is 111 Å². The van der Waals surface area contributed by atoms with Crippen molar-refractivity contribution in [3.63, 3.8) is 0 Å². The number of aromatic amines is 1. The number of benzene rings is 1. The molecule has 0 saturated carbocycles. The first-order valence-corrected chi connectivity index (χ1v) is 5.90. The SMILES string of the molecule is Cc1n[nH]c(C)c1CC(=O)Nc1ccc(C#N)cc1. The Morgan fingerprint density at radius 2 is 2.05 bits per heavy atom. The number of H-pyrrole nitrogens is 1. The molecule has 2 rings (SSSR count). The number of aryl methyl sites for hydroxylation is 2. The fourth-order valence-electron chi connectivity index (χ4n) is 1.83. The Kier molecular flexibility index (Phi) is 3.62. The van der Waals surface area contributed by atoms with Crippen LogP contribution in [0.4, 0.5) is 5.69 Å². The maximum absolute atomic E-state index is 11.9. The van der Waals surface area contributed by atoms with Crippen LogP contribution in [-0.4, -0.2) is 16.1 Å². The molecule has 0 radical (unpaired) electrons. The molecule has 0 aliphatic carbocycles. The van der Waals surface area contributed by atoms with Crippen molar-refractivity contribution >= 4 is 11.6 Å². The number of hydrogen-bond donors (Lipinski definition) is 2. The third-order valence-corrected chi connectivity index (χ3v) is 2.92. The van der Waals surface area contributed by atoms with Crippen LogP contribution in [0, 0.1) is 25.2 Å².